The molecule has 2 aliphatic rings. The van der Waals surface area contributed by atoms with Gasteiger partial charge in [0.2, 0.25) is 0 Å². The molecule has 0 bridgehead atoms. The highest BCUT2D eigenvalue weighted by Crippen LogP contribution is 2.36. The number of amides is 1. The van der Waals surface area contributed by atoms with Crippen LogP contribution in [0, 0.1) is 11.8 Å². The molecular weight excluding hydrogens is 534 g/mol. The second kappa shape index (κ2) is 14.1. The maximum atomic E-state index is 14.0. The Kier molecular flexibility index (Phi) is 10.3. The van der Waals surface area contributed by atoms with E-state index in [1.54, 1.807) is 7.11 Å². The predicted molar refractivity (Wildman–Crippen MR) is 177 cm³/mol. The Labute approximate surface area is 258 Å². The Bertz CT molecular complexity index is 1410. The number of hydrogen-bond acceptors (Lipinski definition) is 4. The minimum Gasteiger partial charge on any atom is -0.501 e. The van der Waals surface area contributed by atoms with Crippen molar-refractivity contribution in [2.45, 2.75) is 85.6 Å². The summed E-state index contributed by atoms with van der Waals surface area (Å²) in [6.07, 6.45) is 13.4. The minimum atomic E-state index is 0.135. The molecule has 3 heterocycles. The quantitative estimate of drug-likeness (QED) is 0.209. The molecule has 5 rings (SSSR count). The summed E-state index contributed by atoms with van der Waals surface area (Å²) in [6.45, 7) is 14.9. The molecule has 1 saturated heterocycles. The summed E-state index contributed by atoms with van der Waals surface area (Å²) >= 11 is 0. The topological polar surface area (TPSA) is 55.5 Å². The SMILES string of the molecule is COC1=Cc2c(-c3nc4ccc(C(=O)N(CCC(C)C)CCC(C)C)cc4n3CCCN3CCCCC3)cn(C)c2CC1. The zero-order valence-corrected chi connectivity index (χ0v) is 27.5. The summed E-state index contributed by atoms with van der Waals surface area (Å²) in [5, 5.41) is 0. The molecule has 0 N–H and O–H groups in total. The van der Waals surface area contributed by atoms with Gasteiger partial charge in [0.1, 0.15) is 5.82 Å². The Hall–Kier alpha value is -3.06. The zero-order valence-electron chi connectivity index (χ0n) is 27.5. The second-order valence-corrected chi connectivity index (χ2v) is 13.5. The molecule has 0 atom stereocenters. The lowest BCUT2D eigenvalue weighted by Crippen LogP contribution is -2.34. The molecule has 7 heteroatoms. The van der Waals surface area contributed by atoms with Crippen molar-refractivity contribution in [2.24, 2.45) is 18.9 Å². The van der Waals surface area contributed by atoms with Crippen molar-refractivity contribution in [3.63, 3.8) is 0 Å². The van der Waals surface area contributed by atoms with Crippen molar-refractivity contribution < 1.29 is 9.53 Å². The van der Waals surface area contributed by atoms with E-state index in [0.717, 1.165) is 92.0 Å². The first-order valence-electron chi connectivity index (χ1n) is 16.7. The first kappa shape index (κ1) is 31.4. The second-order valence-electron chi connectivity index (χ2n) is 13.5. The molecule has 1 aliphatic heterocycles. The number of nitrogens with zero attached hydrogens (tertiary/aromatic N) is 5. The maximum Gasteiger partial charge on any atom is 0.253 e. The monoisotopic (exact) mass is 587 g/mol. The molecule has 1 aliphatic carbocycles. The van der Waals surface area contributed by atoms with Crippen molar-refractivity contribution in [3.05, 3.63) is 47.0 Å². The Balaban J connectivity index is 1.52. The number of fused-ring (bicyclic) bond motifs is 2. The molecule has 2 aromatic heterocycles. The summed E-state index contributed by atoms with van der Waals surface area (Å²) in [7, 11) is 3.90. The van der Waals surface area contributed by atoms with Crippen molar-refractivity contribution >= 4 is 23.0 Å². The van der Waals surface area contributed by atoms with Crippen LogP contribution in [0.1, 0.15) is 94.3 Å². The van der Waals surface area contributed by atoms with E-state index in [4.69, 9.17) is 9.72 Å². The van der Waals surface area contributed by atoms with Gasteiger partial charge in [-0.3, -0.25) is 4.79 Å². The lowest BCUT2D eigenvalue weighted by molar-refractivity contribution is 0.0741. The van der Waals surface area contributed by atoms with Gasteiger partial charge in [0.25, 0.3) is 5.91 Å². The summed E-state index contributed by atoms with van der Waals surface area (Å²) < 4.78 is 10.3. The maximum absolute atomic E-state index is 14.0. The van der Waals surface area contributed by atoms with Gasteiger partial charge in [-0.15, -0.1) is 0 Å². The predicted octanol–water partition coefficient (Wildman–Crippen LogP) is 7.39. The molecule has 0 unspecified atom stereocenters. The fraction of sp³-hybridized carbons (Fsp3) is 0.611. The van der Waals surface area contributed by atoms with Crippen LogP contribution < -0.4 is 0 Å². The molecular formula is C36H53N5O2. The number of hydrogen-bond donors (Lipinski definition) is 0. The van der Waals surface area contributed by atoms with Crippen LogP contribution in [0.25, 0.3) is 28.5 Å². The normalized spacial score (nSPS) is 15.8. The van der Waals surface area contributed by atoms with Gasteiger partial charge in [0.15, 0.2) is 0 Å². The van der Waals surface area contributed by atoms with E-state index in [0.29, 0.717) is 11.8 Å². The fourth-order valence-corrected chi connectivity index (χ4v) is 6.62. The number of imidazole rings is 1. The number of likely N-dealkylation sites (tertiary alicyclic amines) is 1. The minimum absolute atomic E-state index is 0.135. The van der Waals surface area contributed by atoms with E-state index in [9.17, 15) is 4.79 Å². The molecule has 1 fully saturated rings. The number of methoxy groups -OCH3 is 1. The zero-order chi connectivity index (χ0) is 30.5. The largest absolute Gasteiger partial charge is 0.501 e. The number of benzene rings is 1. The number of allylic oxidation sites excluding steroid dienone is 1. The highest BCUT2D eigenvalue weighted by atomic mass is 16.5. The molecule has 0 saturated carbocycles. The van der Waals surface area contributed by atoms with Crippen LogP contribution in [0.15, 0.2) is 30.2 Å². The average molecular weight is 588 g/mol. The van der Waals surface area contributed by atoms with Gasteiger partial charge in [-0.05, 0) is 94.3 Å². The first-order chi connectivity index (χ1) is 20.7. The van der Waals surface area contributed by atoms with Crippen LogP contribution in [0.3, 0.4) is 0 Å². The number of ether oxygens (including phenoxy) is 1. The molecule has 43 heavy (non-hydrogen) atoms. The van der Waals surface area contributed by atoms with Crippen molar-refractivity contribution in [1.82, 2.24) is 23.9 Å². The van der Waals surface area contributed by atoms with E-state index >= 15 is 0 Å². The van der Waals surface area contributed by atoms with Crippen LogP contribution in [0.2, 0.25) is 0 Å². The van der Waals surface area contributed by atoms with E-state index in [1.165, 1.54) is 43.6 Å². The summed E-state index contributed by atoms with van der Waals surface area (Å²) in [4.78, 5) is 23.9. The molecule has 234 valence electrons. The summed E-state index contributed by atoms with van der Waals surface area (Å²) in [5.41, 5.74) is 6.44. The molecule has 7 nitrogen and oxygen atoms in total. The van der Waals surface area contributed by atoms with Crippen molar-refractivity contribution in [2.75, 3.05) is 39.8 Å². The fourth-order valence-electron chi connectivity index (χ4n) is 6.62. The molecule has 1 aromatic carbocycles. The van der Waals surface area contributed by atoms with Gasteiger partial charge in [0, 0.05) is 61.7 Å². The molecule has 0 radical (unpaired) electrons. The third-order valence-corrected chi connectivity index (χ3v) is 9.31. The highest BCUT2D eigenvalue weighted by molar-refractivity contribution is 5.98. The van der Waals surface area contributed by atoms with E-state index in [1.807, 2.05) is 6.07 Å². The number of aryl methyl sites for hydroxylation is 2. The number of rotatable bonds is 13. The van der Waals surface area contributed by atoms with Crippen LogP contribution in [-0.2, 0) is 24.8 Å². The lowest BCUT2D eigenvalue weighted by atomic mass is 10.00. The third kappa shape index (κ3) is 7.36. The number of carbonyl (C=O) groups is 1. The van der Waals surface area contributed by atoms with Crippen LogP contribution in [0.5, 0.6) is 0 Å². The summed E-state index contributed by atoms with van der Waals surface area (Å²) in [6, 6.07) is 6.15. The van der Waals surface area contributed by atoms with Gasteiger partial charge in [0.05, 0.1) is 23.9 Å². The van der Waals surface area contributed by atoms with Crippen molar-refractivity contribution in [3.8, 4) is 11.4 Å². The van der Waals surface area contributed by atoms with Gasteiger partial charge in [-0.25, -0.2) is 4.98 Å². The summed E-state index contributed by atoms with van der Waals surface area (Å²) in [5.74, 6) is 3.26. The van der Waals surface area contributed by atoms with Gasteiger partial charge < -0.3 is 23.7 Å². The van der Waals surface area contributed by atoms with E-state index < -0.39 is 0 Å². The van der Waals surface area contributed by atoms with Crippen LogP contribution in [0.4, 0.5) is 0 Å². The Morgan fingerprint density at radius 1 is 1.00 bits per heavy atom. The van der Waals surface area contributed by atoms with Gasteiger partial charge >= 0.3 is 0 Å². The average Bonchev–Trinajstić information content (AvgIpc) is 3.53. The first-order valence-corrected chi connectivity index (χ1v) is 16.7. The Morgan fingerprint density at radius 3 is 2.40 bits per heavy atom. The number of piperidine rings is 1. The Morgan fingerprint density at radius 2 is 1.72 bits per heavy atom. The standard InChI is InChI=1S/C36H53N5O2/c1-26(2)15-21-40(22-16-27(3)4)36(42)28-11-13-32-34(23-28)41(20-10-19-39-17-8-7-9-18-39)35(37-32)31-25-38(5)33-14-12-29(43-6)24-30(31)33/h11,13,23-27H,7-10,12,14-22H2,1-6H3. The molecule has 1 amide bonds. The van der Waals surface area contributed by atoms with Crippen LogP contribution in [-0.4, -0.2) is 69.7 Å². The van der Waals surface area contributed by atoms with E-state index in [-0.39, 0.29) is 5.91 Å². The van der Waals surface area contributed by atoms with Gasteiger partial charge in [-0.2, -0.15) is 0 Å². The van der Waals surface area contributed by atoms with Crippen molar-refractivity contribution in [1.29, 1.82) is 0 Å². The third-order valence-electron chi connectivity index (χ3n) is 9.31. The smallest absolute Gasteiger partial charge is 0.253 e. The number of carbonyl (C=O) groups excluding carboxylic acids is 1. The van der Waals surface area contributed by atoms with E-state index in [2.05, 4.69) is 78.1 Å². The van der Waals surface area contributed by atoms with Gasteiger partial charge in [-0.1, -0.05) is 34.1 Å². The number of aromatic nitrogens is 3. The van der Waals surface area contributed by atoms with Crippen LogP contribution >= 0.6 is 0 Å². The molecule has 3 aromatic rings. The molecule has 0 spiro atoms. The highest BCUT2D eigenvalue weighted by Gasteiger charge is 2.25. The lowest BCUT2D eigenvalue weighted by Gasteiger charge is -2.26.